The molecule has 206 valence electrons. The molecule has 1 heterocycles. The number of hydrogen-bond donors (Lipinski definition) is 1. The number of rotatable bonds is 15. The minimum atomic E-state index is -0.677. The Bertz CT molecular complexity index is 1200. The lowest BCUT2D eigenvalue weighted by molar-refractivity contribution is -0.191. The maximum atomic E-state index is 13.1. The van der Waals surface area contributed by atoms with Gasteiger partial charge >= 0.3 is 5.97 Å². The molecule has 0 radical (unpaired) electrons. The van der Waals surface area contributed by atoms with Crippen LogP contribution in [0.1, 0.15) is 36.7 Å². The number of aromatic nitrogens is 1. The fourth-order valence-electron chi connectivity index (χ4n) is 3.89. The Kier molecular flexibility index (Phi) is 11.5. The highest BCUT2D eigenvalue weighted by Gasteiger charge is 2.23. The SMILES string of the molecule is CCN(CC)OC(=O)[C@H](Cc1ccc(OCCN(C)c2ccccn2)cc1)NC(C)=CC(=O)c1ccccc1. The first-order valence-corrected chi connectivity index (χ1v) is 13.2. The topological polar surface area (TPSA) is 84.0 Å². The van der Waals surface area contributed by atoms with Gasteiger partial charge in [0.25, 0.3) is 0 Å². The molecule has 8 heteroatoms. The number of pyridine rings is 1. The number of carbonyl (C=O) groups is 2. The maximum absolute atomic E-state index is 13.1. The molecule has 2 aromatic carbocycles. The highest BCUT2D eigenvalue weighted by atomic mass is 16.7. The summed E-state index contributed by atoms with van der Waals surface area (Å²) in [5, 5.41) is 4.79. The first-order valence-electron chi connectivity index (χ1n) is 13.2. The minimum Gasteiger partial charge on any atom is -0.492 e. The molecule has 0 saturated carbocycles. The molecule has 0 amide bonds. The van der Waals surface area contributed by atoms with Crippen LogP contribution in [0.4, 0.5) is 5.82 Å². The van der Waals surface area contributed by atoms with Gasteiger partial charge in [0.1, 0.15) is 24.2 Å². The molecule has 0 fully saturated rings. The number of carbonyl (C=O) groups excluding carboxylic acids is 2. The lowest BCUT2D eigenvalue weighted by Gasteiger charge is -2.23. The average Bonchev–Trinajstić information content (AvgIpc) is 2.97. The van der Waals surface area contributed by atoms with Crippen LogP contribution >= 0.6 is 0 Å². The van der Waals surface area contributed by atoms with E-state index >= 15 is 0 Å². The van der Waals surface area contributed by atoms with Crippen LogP contribution in [0.5, 0.6) is 5.75 Å². The number of ether oxygens (including phenoxy) is 1. The van der Waals surface area contributed by atoms with Crippen molar-refractivity contribution in [2.24, 2.45) is 0 Å². The second-order valence-electron chi connectivity index (χ2n) is 9.09. The molecule has 8 nitrogen and oxygen atoms in total. The highest BCUT2D eigenvalue weighted by molar-refractivity contribution is 6.04. The van der Waals surface area contributed by atoms with E-state index in [4.69, 9.17) is 9.57 Å². The molecule has 1 aromatic heterocycles. The van der Waals surface area contributed by atoms with Crippen molar-refractivity contribution in [3.05, 3.63) is 102 Å². The summed E-state index contributed by atoms with van der Waals surface area (Å²) < 4.78 is 5.91. The first-order chi connectivity index (χ1) is 18.9. The zero-order valence-electron chi connectivity index (χ0n) is 23.2. The van der Waals surface area contributed by atoms with Gasteiger partial charge in [-0.1, -0.05) is 48.5 Å². The van der Waals surface area contributed by atoms with E-state index < -0.39 is 12.0 Å². The molecular formula is C31H38N4O4. The normalized spacial score (nSPS) is 12.1. The standard InChI is InChI=1S/C31H38N4O4/c1-5-35(6-2)39-31(37)28(33-24(3)22-29(36)26-12-8-7-9-13-26)23-25-15-17-27(18-16-25)38-21-20-34(4)30-14-10-11-19-32-30/h7-19,22,28,33H,5-6,20-21,23H2,1-4H3/t28-/m0/s1. The molecule has 39 heavy (non-hydrogen) atoms. The fourth-order valence-corrected chi connectivity index (χ4v) is 3.89. The number of anilines is 1. The van der Waals surface area contributed by atoms with Gasteiger partial charge in [0.05, 0.1) is 6.54 Å². The Labute approximate surface area is 231 Å². The Balaban J connectivity index is 1.63. The number of hydroxylamine groups is 2. The second kappa shape index (κ2) is 15.3. The van der Waals surface area contributed by atoms with Crippen molar-refractivity contribution in [1.29, 1.82) is 0 Å². The van der Waals surface area contributed by atoms with Gasteiger partial charge in [-0.2, -0.15) is 0 Å². The molecule has 0 saturated heterocycles. The summed E-state index contributed by atoms with van der Waals surface area (Å²) in [6.07, 6.45) is 3.66. The third-order valence-corrected chi connectivity index (χ3v) is 6.12. The smallest absolute Gasteiger partial charge is 0.347 e. The average molecular weight is 531 g/mol. The summed E-state index contributed by atoms with van der Waals surface area (Å²) >= 11 is 0. The van der Waals surface area contributed by atoms with Crippen molar-refractivity contribution in [3.63, 3.8) is 0 Å². The van der Waals surface area contributed by atoms with Gasteiger partial charge in [-0.05, 0) is 50.6 Å². The van der Waals surface area contributed by atoms with E-state index in [0.29, 0.717) is 43.9 Å². The molecule has 0 bridgehead atoms. The third kappa shape index (κ3) is 9.57. The van der Waals surface area contributed by atoms with Gasteiger partial charge in [0.2, 0.25) is 0 Å². The van der Waals surface area contributed by atoms with Crippen LogP contribution in [0.3, 0.4) is 0 Å². The van der Waals surface area contributed by atoms with Gasteiger partial charge in [-0.15, -0.1) is 5.06 Å². The summed E-state index contributed by atoms with van der Waals surface area (Å²) in [6.45, 7) is 7.99. The van der Waals surface area contributed by atoms with Crippen LogP contribution < -0.4 is 15.0 Å². The van der Waals surface area contributed by atoms with Crippen molar-refractivity contribution in [3.8, 4) is 5.75 Å². The number of ketones is 1. The zero-order chi connectivity index (χ0) is 28.0. The number of nitrogens with zero attached hydrogens (tertiary/aromatic N) is 3. The maximum Gasteiger partial charge on any atom is 0.347 e. The third-order valence-electron chi connectivity index (χ3n) is 6.12. The number of allylic oxidation sites excluding steroid dienone is 2. The predicted molar refractivity (Wildman–Crippen MR) is 154 cm³/mol. The Morgan fingerprint density at radius 1 is 0.974 bits per heavy atom. The minimum absolute atomic E-state index is 0.133. The van der Waals surface area contributed by atoms with Crippen molar-refractivity contribution < 1.29 is 19.2 Å². The molecule has 0 aliphatic carbocycles. The van der Waals surface area contributed by atoms with E-state index in [2.05, 4.69) is 10.3 Å². The summed E-state index contributed by atoms with van der Waals surface area (Å²) in [6, 6.07) is 21.8. The summed E-state index contributed by atoms with van der Waals surface area (Å²) in [4.78, 5) is 37.7. The molecule has 0 unspecified atom stereocenters. The molecule has 0 aliphatic heterocycles. The monoisotopic (exact) mass is 530 g/mol. The first kappa shape index (κ1) is 29.4. The molecule has 1 N–H and O–H groups in total. The predicted octanol–water partition coefficient (Wildman–Crippen LogP) is 4.68. The van der Waals surface area contributed by atoms with Crippen molar-refractivity contribution in [2.45, 2.75) is 33.2 Å². The van der Waals surface area contributed by atoms with Crippen molar-refractivity contribution in [2.75, 3.05) is 38.2 Å². The Hall–Kier alpha value is -4.17. The second-order valence-corrected chi connectivity index (χ2v) is 9.09. The lowest BCUT2D eigenvalue weighted by atomic mass is 10.0. The van der Waals surface area contributed by atoms with Gasteiger partial charge in [0, 0.05) is 50.1 Å². The largest absolute Gasteiger partial charge is 0.492 e. The quantitative estimate of drug-likeness (QED) is 0.172. The van der Waals surface area contributed by atoms with Crippen LogP contribution in [0.25, 0.3) is 0 Å². The molecular weight excluding hydrogens is 492 g/mol. The molecule has 3 aromatic rings. The van der Waals surface area contributed by atoms with Crippen molar-refractivity contribution in [1.82, 2.24) is 15.4 Å². The zero-order valence-corrected chi connectivity index (χ0v) is 23.2. The number of likely N-dealkylation sites (N-methyl/N-ethyl adjacent to an activating group) is 1. The molecule has 0 spiro atoms. The van der Waals surface area contributed by atoms with E-state index in [1.54, 1.807) is 30.3 Å². The summed E-state index contributed by atoms with van der Waals surface area (Å²) in [5.41, 5.74) is 2.11. The van der Waals surface area contributed by atoms with E-state index in [9.17, 15) is 9.59 Å². The van der Waals surface area contributed by atoms with E-state index in [-0.39, 0.29) is 5.78 Å². The van der Waals surface area contributed by atoms with Crippen LogP contribution in [0, 0.1) is 0 Å². The summed E-state index contributed by atoms with van der Waals surface area (Å²) in [7, 11) is 1.98. The van der Waals surface area contributed by atoms with Crippen LogP contribution in [0.15, 0.2) is 90.8 Å². The highest BCUT2D eigenvalue weighted by Crippen LogP contribution is 2.16. The Morgan fingerprint density at radius 3 is 2.31 bits per heavy atom. The number of nitrogens with one attached hydrogen (secondary N) is 1. The molecule has 0 aliphatic rings. The van der Waals surface area contributed by atoms with Crippen molar-refractivity contribution >= 4 is 17.6 Å². The van der Waals surface area contributed by atoms with Crippen LogP contribution in [0.2, 0.25) is 0 Å². The lowest BCUT2D eigenvalue weighted by Crippen LogP contribution is -2.42. The van der Waals surface area contributed by atoms with Gasteiger partial charge < -0.3 is 19.8 Å². The number of benzene rings is 2. The Morgan fingerprint density at radius 2 is 1.67 bits per heavy atom. The fraction of sp³-hybridized carbons (Fsp3) is 0.323. The van der Waals surface area contributed by atoms with E-state index in [1.807, 2.05) is 86.5 Å². The molecule has 1 atom stereocenters. The van der Waals surface area contributed by atoms with Gasteiger partial charge in [0.15, 0.2) is 5.78 Å². The van der Waals surface area contributed by atoms with E-state index in [0.717, 1.165) is 17.1 Å². The van der Waals surface area contributed by atoms with Gasteiger partial charge in [-0.3, -0.25) is 4.79 Å². The number of hydrogen-bond acceptors (Lipinski definition) is 8. The molecule has 3 rings (SSSR count). The summed E-state index contributed by atoms with van der Waals surface area (Å²) in [5.74, 6) is 1.09. The van der Waals surface area contributed by atoms with Crippen LogP contribution in [-0.4, -0.2) is 61.1 Å². The van der Waals surface area contributed by atoms with Crippen LogP contribution in [-0.2, 0) is 16.1 Å². The van der Waals surface area contributed by atoms with Gasteiger partial charge in [-0.25, -0.2) is 9.78 Å². The van der Waals surface area contributed by atoms with E-state index in [1.165, 1.54) is 6.08 Å².